The second-order valence-corrected chi connectivity index (χ2v) is 10.5. The molecule has 2 aromatic heterocycles. The molecule has 1 aromatic carbocycles. The Labute approximate surface area is 204 Å². The van der Waals surface area contributed by atoms with Crippen molar-refractivity contribution in [3.05, 3.63) is 36.7 Å². The molecule has 2 fully saturated rings. The van der Waals surface area contributed by atoms with E-state index in [0.717, 1.165) is 35.7 Å². The molecule has 2 saturated heterocycles. The minimum Gasteiger partial charge on any atom is -0.506 e. The van der Waals surface area contributed by atoms with E-state index < -0.39 is 6.09 Å². The van der Waals surface area contributed by atoms with E-state index in [2.05, 4.69) is 30.9 Å². The molecule has 0 spiro atoms. The average Bonchev–Trinajstić information content (AvgIpc) is 3.22. The molecule has 186 valence electrons. The number of benzene rings is 1. The van der Waals surface area contributed by atoms with Crippen molar-refractivity contribution in [1.82, 2.24) is 19.7 Å². The summed E-state index contributed by atoms with van der Waals surface area (Å²) in [5.74, 6) is 0.873. The number of hydrogen-bond donors (Lipinski definition) is 2. The second kappa shape index (κ2) is 9.03. The number of carbonyl (C=O) groups is 1. The molecule has 0 bridgehead atoms. The van der Waals surface area contributed by atoms with Gasteiger partial charge in [0.15, 0.2) is 6.23 Å². The molecule has 0 saturated carbocycles. The molecule has 5 rings (SSSR count). The van der Waals surface area contributed by atoms with E-state index in [4.69, 9.17) is 9.47 Å². The largest absolute Gasteiger partial charge is 0.506 e. The number of amides is 1. The minimum atomic E-state index is -0.891. The summed E-state index contributed by atoms with van der Waals surface area (Å²) in [6, 6.07) is 7.23. The predicted octanol–water partition coefficient (Wildman–Crippen LogP) is 4.91. The molecule has 0 radical (unpaired) electrons. The zero-order valence-electron chi connectivity index (χ0n) is 20.3. The molecular formula is C26H32N4O5. The monoisotopic (exact) mass is 480 g/mol. The van der Waals surface area contributed by atoms with Crippen LogP contribution in [-0.2, 0) is 4.74 Å². The van der Waals surface area contributed by atoms with Gasteiger partial charge in [0.25, 0.3) is 0 Å². The van der Waals surface area contributed by atoms with Gasteiger partial charge in [0.1, 0.15) is 11.5 Å². The molecule has 2 N–H and O–H groups in total. The third kappa shape index (κ3) is 4.52. The van der Waals surface area contributed by atoms with Crippen molar-refractivity contribution in [2.45, 2.75) is 52.3 Å². The molecule has 4 heterocycles. The molecule has 35 heavy (non-hydrogen) atoms. The van der Waals surface area contributed by atoms with E-state index in [1.165, 1.54) is 11.1 Å². The Bertz CT molecular complexity index is 1210. The molecule has 3 atom stereocenters. The SMILES string of the molecule is CC(C)(C)C1C(COc2cc(-c3ccc(O)cn3)cc3c2cnn3C2CCCCO2)CN1C(=O)O. The zero-order valence-corrected chi connectivity index (χ0v) is 20.3. The summed E-state index contributed by atoms with van der Waals surface area (Å²) >= 11 is 0. The number of rotatable bonds is 5. The highest BCUT2D eigenvalue weighted by Crippen LogP contribution is 2.40. The number of hydrogen-bond acceptors (Lipinski definition) is 6. The van der Waals surface area contributed by atoms with Gasteiger partial charge in [0.2, 0.25) is 0 Å². The lowest BCUT2D eigenvalue weighted by atomic mass is 9.72. The first-order chi connectivity index (χ1) is 16.7. The maximum absolute atomic E-state index is 11.6. The van der Waals surface area contributed by atoms with Crippen LogP contribution < -0.4 is 4.74 Å². The third-order valence-electron chi connectivity index (χ3n) is 6.95. The molecule has 3 aromatic rings. The number of fused-ring (bicyclic) bond motifs is 1. The molecule has 9 nitrogen and oxygen atoms in total. The maximum atomic E-state index is 11.6. The van der Waals surface area contributed by atoms with E-state index in [1.54, 1.807) is 12.1 Å². The fraction of sp³-hybridized carbons (Fsp3) is 0.500. The van der Waals surface area contributed by atoms with Gasteiger partial charge >= 0.3 is 6.09 Å². The number of aromatic nitrogens is 3. The Morgan fingerprint density at radius 2 is 2.06 bits per heavy atom. The van der Waals surface area contributed by atoms with Gasteiger partial charge in [-0.2, -0.15) is 5.10 Å². The Hall–Kier alpha value is -3.33. The van der Waals surface area contributed by atoms with Crippen LogP contribution in [-0.4, -0.2) is 61.8 Å². The highest BCUT2D eigenvalue weighted by molar-refractivity contribution is 5.90. The Balaban J connectivity index is 1.48. The van der Waals surface area contributed by atoms with Crippen molar-refractivity contribution in [2.24, 2.45) is 11.3 Å². The van der Waals surface area contributed by atoms with Gasteiger partial charge in [-0.25, -0.2) is 9.48 Å². The third-order valence-corrected chi connectivity index (χ3v) is 6.95. The van der Waals surface area contributed by atoms with Crippen LogP contribution in [0.1, 0.15) is 46.3 Å². The van der Waals surface area contributed by atoms with Crippen molar-refractivity contribution in [3.63, 3.8) is 0 Å². The van der Waals surface area contributed by atoms with Crippen LogP contribution in [0.4, 0.5) is 4.79 Å². The number of nitrogens with zero attached hydrogens (tertiary/aromatic N) is 4. The highest BCUT2D eigenvalue weighted by atomic mass is 16.5. The van der Waals surface area contributed by atoms with E-state index in [9.17, 15) is 15.0 Å². The van der Waals surface area contributed by atoms with Gasteiger partial charge in [0.05, 0.1) is 35.6 Å². The molecule has 1 amide bonds. The lowest BCUT2D eigenvalue weighted by molar-refractivity contribution is -0.0510. The standard InChI is InChI=1S/C26H32N4O5/c1-26(2,3)24-17(14-29(24)25(32)33)15-35-22-11-16(20-8-7-18(31)12-27-20)10-21-19(22)13-28-30(21)23-6-4-5-9-34-23/h7-8,10-13,17,23-24,31H,4-6,9,14-15H2,1-3H3,(H,32,33). The van der Waals surface area contributed by atoms with Crippen molar-refractivity contribution in [1.29, 1.82) is 0 Å². The average molecular weight is 481 g/mol. The summed E-state index contributed by atoms with van der Waals surface area (Å²) in [6.07, 6.45) is 5.25. The molecule has 2 aliphatic heterocycles. The van der Waals surface area contributed by atoms with E-state index in [-0.39, 0.29) is 29.4 Å². The quantitative estimate of drug-likeness (QED) is 0.534. The first kappa shape index (κ1) is 23.4. The highest BCUT2D eigenvalue weighted by Gasteiger charge is 2.48. The number of ether oxygens (including phenoxy) is 2. The van der Waals surface area contributed by atoms with Gasteiger partial charge in [-0.15, -0.1) is 0 Å². The van der Waals surface area contributed by atoms with E-state index in [0.29, 0.717) is 31.2 Å². The van der Waals surface area contributed by atoms with E-state index >= 15 is 0 Å². The number of aromatic hydroxyl groups is 1. The topological polar surface area (TPSA) is 110 Å². The van der Waals surface area contributed by atoms with Gasteiger partial charge in [0, 0.05) is 30.7 Å². The van der Waals surface area contributed by atoms with Crippen LogP contribution in [0.3, 0.4) is 0 Å². The zero-order chi connectivity index (χ0) is 24.7. The Morgan fingerprint density at radius 3 is 2.71 bits per heavy atom. The molecular weight excluding hydrogens is 448 g/mol. The fourth-order valence-corrected chi connectivity index (χ4v) is 5.38. The molecule has 2 aliphatic rings. The summed E-state index contributed by atoms with van der Waals surface area (Å²) < 4.78 is 14.3. The summed E-state index contributed by atoms with van der Waals surface area (Å²) in [6.45, 7) is 7.74. The van der Waals surface area contributed by atoms with Gasteiger partial charge < -0.3 is 24.6 Å². The van der Waals surface area contributed by atoms with Crippen LogP contribution in [0.5, 0.6) is 11.5 Å². The summed E-state index contributed by atoms with van der Waals surface area (Å²) in [5.41, 5.74) is 2.26. The number of likely N-dealkylation sites (tertiary alicyclic amines) is 1. The lowest BCUT2D eigenvalue weighted by Crippen LogP contribution is -2.64. The summed E-state index contributed by atoms with van der Waals surface area (Å²) in [7, 11) is 0. The lowest BCUT2D eigenvalue weighted by Gasteiger charge is -2.52. The normalized spacial score (nSPS) is 22.7. The van der Waals surface area contributed by atoms with Crippen LogP contribution in [0.25, 0.3) is 22.2 Å². The van der Waals surface area contributed by atoms with Crippen molar-refractivity contribution < 1.29 is 24.5 Å². The molecule has 3 unspecified atom stereocenters. The molecule has 9 heteroatoms. The van der Waals surface area contributed by atoms with Crippen molar-refractivity contribution in [2.75, 3.05) is 19.8 Å². The van der Waals surface area contributed by atoms with Crippen molar-refractivity contribution >= 4 is 17.0 Å². The summed E-state index contributed by atoms with van der Waals surface area (Å²) in [5, 5.41) is 24.8. The smallest absolute Gasteiger partial charge is 0.407 e. The van der Waals surface area contributed by atoms with E-state index in [1.807, 2.05) is 23.0 Å². The van der Waals surface area contributed by atoms with Crippen molar-refractivity contribution in [3.8, 4) is 22.8 Å². The maximum Gasteiger partial charge on any atom is 0.407 e. The van der Waals surface area contributed by atoms with Gasteiger partial charge in [-0.3, -0.25) is 4.98 Å². The second-order valence-electron chi connectivity index (χ2n) is 10.5. The first-order valence-electron chi connectivity index (χ1n) is 12.1. The van der Waals surface area contributed by atoms with Crippen LogP contribution >= 0.6 is 0 Å². The van der Waals surface area contributed by atoms with Crippen LogP contribution in [0.2, 0.25) is 0 Å². The predicted molar refractivity (Wildman–Crippen MR) is 130 cm³/mol. The summed E-state index contributed by atoms with van der Waals surface area (Å²) in [4.78, 5) is 17.5. The Kier molecular flexibility index (Phi) is 6.04. The Morgan fingerprint density at radius 1 is 1.23 bits per heavy atom. The first-order valence-corrected chi connectivity index (χ1v) is 12.1. The van der Waals surface area contributed by atoms with Crippen LogP contribution in [0, 0.1) is 11.3 Å². The minimum absolute atomic E-state index is 0.0910. The van der Waals surface area contributed by atoms with Crippen LogP contribution in [0.15, 0.2) is 36.7 Å². The number of pyridine rings is 1. The fourth-order valence-electron chi connectivity index (χ4n) is 5.38. The van der Waals surface area contributed by atoms with Gasteiger partial charge in [-0.05, 0) is 48.9 Å². The molecule has 0 aliphatic carbocycles. The number of carboxylic acid groups (broad SMARTS) is 1. The van der Waals surface area contributed by atoms with Gasteiger partial charge in [-0.1, -0.05) is 20.8 Å².